The number of rotatable bonds is 5. The zero-order chi connectivity index (χ0) is 15.1. The van der Waals surface area contributed by atoms with Gasteiger partial charge in [0.1, 0.15) is 0 Å². The molecule has 0 aromatic heterocycles. The Hall–Kier alpha value is -2.10. The average Bonchev–Trinajstić information content (AvgIpc) is 2.35. The number of hydrogen-bond donors (Lipinski definition) is 0. The minimum Gasteiger partial charge on any atom is -0.460 e. The van der Waals surface area contributed by atoms with E-state index >= 15 is 0 Å². The molecule has 0 saturated heterocycles. The molecular formula is C16H20O4. The van der Waals surface area contributed by atoms with Crippen LogP contribution in [0.4, 0.5) is 0 Å². The molecule has 0 spiro atoms. The van der Waals surface area contributed by atoms with Crippen molar-refractivity contribution in [2.45, 2.75) is 39.9 Å². The van der Waals surface area contributed by atoms with Crippen LogP contribution >= 0.6 is 0 Å². The third-order valence-electron chi connectivity index (χ3n) is 2.26. The average molecular weight is 276 g/mol. The summed E-state index contributed by atoms with van der Waals surface area (Å²) >= 11 is 0. The molecule has 1 rings (SSSR count). The van der Waals surface area contributed by atoms with Crippen LogP contribution in [0.15, 0.2) is 36.4 Å². The molecule has 0 aliphatic carbocycles. The second-order valence-corrected chi connectivity index (χ2v) is 4.86. The van der Waals surface area contributed by atoms with Crippen molar-refractivity contribution in [3.05, 3.63) is 42.0 Å². The first kappa shape index (κ1) is 16.0. The van der Waals surface area contributed by atoms with Crippen molar-refractivity contribution in [1.82, 2.24) is 0 Å². The van der Waals surface area contributed by atoms with Gasteiger partial charge >= 0.3 is 11.9 Å². The fraction of sp³-hybridized carbons (Fsp3) is 0.375. The number of benzene rings is 1. The highest BCUT2D eigenvalue weighted by Crippen LogP contribution is 2.17. The number of carbonyl (C=O) groups excluding carboxylic acids is 2. The van der Waals surface area contributed by atoms with E-state index in [0.717, 1.165) is 0 Å². The lowest BCUT2D eigenvalue weighted by Crippen LogP contribution is -2.15. The van der Waals surface area contributed by atoms with E-state index in [4.69, 9.17) is 9.47 Å². The maximum absolute atomic E-state index is 12.1. The largest absolute Gasteiger partial charge is 0.460 e. The minimum atomic E-state index is -0.556. The molecule has 108 valence electrons. The van der Waals surface area contributed by atoms with Crippen LogP contribution in [0.2, 0.25) is 0 Å². The number of ether oxygens (including phenoxy) is 2. The van der Waals surface area contributed by atoms with Crippen LogP contribution in [-0.4, -0.2) is 24.1 Å². The van der Waals surface area contributed by atoms with E-state index in [1.54, 1.807) is 52.0 Å². The van der Waals surface area contributed by atoms with Crippen molar-refractivity contribution in [2.75, 3.05) is 0 Å². The SMILES string of the molecule is CC(C)OC(=O)/C=C(\C(=O)OC(C)C)c1ccccc1. The fourth-order valence-electron chi connectivity index (χ4n) is 1.54. The van der Waals surface area contributed by atoms with Crippen molar-refractivity contribution < 1.29 is 19.1 Å². The molecule has 0 unspecified atom stereocenters. The quantitative estimate of drug-likeness (QED) is 0.613. The van der Waals surface area contributed by atoms with E-state index in [2.05, 4.69) is 0 Å². The Morgan fingerprint density at radius 1 is 0.950 bits per heavy atom. The standard InChI is InChI=1S/C16H20O4/c1-11(2)19-15(17)10-14(16(18)20-12(3)4)13-8-6-5-7-9-13/h5-12H,1-4H3/b14-10-. The summed E-state index contributed by atoms with van der Waals surface area (Å²) in [5.74, 6) is -1.09. The molecule has 0 fully saturated rings. The summed E-state index contributed by atoms with van der Waals surface area (Å²) in [6.45, 7) is 7.01. The molecule has 1 aromatic carbocycles. The third kappa shape index (κ3) is 5.26. The van der Waals surface area contributed by atoms with E-state index in [9.17, 15) is 9.59 Å². The van der Waals surface area contributed by atoms with Gasteiger partial charge in [0.15, 0.2) is 0 Å². The predicted octanol–water partition coefficient (Wildman–Crippen LogP) is 2.97. The molecule has 20 heavy (non-hydrogen) atoms. The first-order chi connectivity index (χ1) is 9.40. The minimum absolute atomic E-state index is 0.199. The third-order valence-corrected chi connectivity index (χ3v) is 2.26. The fourth-order valence-corrected chi connectivity index (χ4v) is 1.54. The van der Waals surface area contributed by atoms with Crippen LogP contribution in [0.3, 0.4) is 0 Å². The Labute approximate surface area is 119 Å². The molecule has 0 N–H and O–H groups in total. The topological polar surface area (TPSA) is 52.6 Å². The van der Waals surface area contributed by atoms with Gasteiger partial charge in [-0.2, -0.15) is 0 Å². The van der Waals surface area contributed by atoms with E-state index in [0.29, 0.717) is 5.56 Å². The maximum atomic E-state index is 12.1. The Balaban J connectivity index is 3.05. The summed E-state index contributed by atoms with van der Waals surface area (Å²) in [4.78, 5) is 23.8. The monoisotopic (exact) mass is 276 g/mol. The first-order valence-corrected chi connectivity index (χ1v) is 6.59. The van der Waals surface area contributed by atoms with Crippen LogP contribution in [-0.2, 0) is 19.1 Å². The summed E-state index contributed by atoms with van der Waals surface area (Å²) in [6.07, 6.45) is 0.688. The lowest BCUT2D eigenvalue weighted by molar-refractivity contribution is -0.143. The Bertz CT molecular complexity index is 486. The van der Waals surface area contributed by atoms with Crippen LogP contribution in [0.1, 0.15) is 33.3 Å². The van der Waals surface area contributed by atoms with Crippen molar-refractivity contribution in [2.24, 2.45) is 0 Å². The molecule has 0 radical (unpaired) electrons. The summed E-state index contributed by atoms with van der Waals surface area (Å²) in [6, 6.07) is 8.91. The second-order valence-electron chi connectivity index (χ2n) is 4.86. The summed E-state index contributed by atoms with van der Waals surface area (Å²) in [5, 5.41) is 0. The first-order valence-electron chi connectivity index (χ1n) is 6.59. The number of esters is 2. The summed E-state index contributed by atoms with van der Waals surface area (Å²) in [5.41, 5.74) is 0.823. The van der Waals surface area contributed by atoms with Gasteiger partial charge < -0.3 is 9.47 Å². The highest BCUT2D eigenvalue weighted by atomic mass is 16.5. The molecule has 0 aliphatic rings. The Morgan fingerprint density at radius 3 is 2.00 bits per heavy atom. The van der Waals surface area contributed by atoms with E-state index < -0.39 is 11.9 Å². The van der Waals surface area contributed by atoms with E-state index in [1.807, 2.05) is 6.07 Å². The Kier molecular flexibility index (Phi) is 5.97. The zero-order valence-electron chi connectivity index (χ0n) is 12.3. The lowest BCUT2D eigenvalue weighted by atomic mass is 10.1. The van der Waals surface area contributed by atoms with Gasteiger partial charge in [-0.3, -0.25) is 0 Å². The number of hydrogen-bond acceptors (Lipinski definition) is 4. The molecule has 0 amide bonds. The predicted molar refractivity (Wildman–Crippen MR) is 76.9 cm³/mol. The van der Waals surface area contributed by atoms with Gasteiger partial charge in [0, 0.05) is 6.08 Å². The van der Waals surface area contributed by atoms with Gasteiger partial charge in [0.25, 0.3) is 0 Å². The molecule has 1 aromatic rings. The van der Waals surface area contributed by atoms with Crippen molar-refractivity contribution in [1.29, 1.82) is 0 Å². The van der Waals surface area contributed by atoms with Crippen LogP contribution in [0.25, 0.3) is 5.57 Å². The maximum Gasteiger partial charge on any atom is 0.339 e. The molecule has 0 heterocycles. The van der Waals surface area contributed by atoms with Gasteiger partial charge in [-0.15, -0.1) is 0 Å². The smallest absolute Gasteiger partial charge is 0.339 e. The highest BCUT2D eigenvalue weighted by Gasteiger charge is 2.17. The summed E-state index contributed by atoms with van der Waals surface area (Å²) in [7, 11) is 0. The lowest BCUT2D eigenvalue weighted by Gasteiger charge is -2.12. The molecule has 0 aliphatic heterocycles. The second kappa shape index (κ2) is 7.48. The number of carbonyl (C=O) groups is 2. The van der Waals surface area contributed by atoms with Gasteiger partial charge in [-0.25, -0.2) is 9.59 Å². The van der Waals surface area contributed by atoms with Gasteiger partial charge in [0.05, 0.1) is 17.8 Å². The van der Waals surface area contributed by atoms with Crippen molar-refractivity contribution in [3.63, 3.8) is 0 Å². The molecule has 0 atom stereocenters. The zero-order valence-corrected chi connectivity index (χ0v) is 12.3. The van der Waals surface area contributed by atoms with E-state index in [1.165, 1.54) is 6.08 Å². The van der Waals surface area contributed by atoms with Crippen LogP contribution in [0.5, 0.6) is 0 Å². The molecule has 0 bridgehead atoms. The molecule has 4 nitrogen and oxygen atoms in total. The molecule has 4 heteroatoms. The van der Waals surface area contributed by atoms with E-state index in [-0.39, 0.29) is 17.8 Å². The van der Waals surface area contributed by atoms with Gasteiger partial charge in [-0.1, -0.05) is 30.3 Å². The Morgan fingerprint density at radius 2 is 1.50 bits per heavy atom. The normalized spacial score (nSPS) is 11.6. The van der Waals surface area contributed by atoms with Gasteiger partial charge in [0.2, 0.25) is 0 Å². The van der Waals surface area contributed by atoms with Gasteiger partial charge in [-0.05, 0) is 33.3 Å². The molecular weight excluding hydrogens is 256 g/mol. The van der Waals surface area contributed by atoms with Crippen LogP contribution in [0, 0.1) is 0 Å². The van der Waals surface area contributed by atoms with Crippen LogP contribution < -0.4 is 0 Å². The van der Waals surface area contributed by atoms with Crippen molar-refractivity contribution >= 4 is 17.5 Å². The highest BCUT2D eigenvalue weighted by molar-refractivity contribution is 6.20. The molecule has 0 saturated carbocycles. The summed E-state index contributed by atoms with van der Waals surface area (Å²) < 4.78 is 10.2. The van der Waals surface area contributed by atoms with Crippen molar-refractivity contribution in [3.8, 4) is 0 Å².